The molecular formula is C21H22F3N5O5S. The maximum atomic E-state index is 13.3. The number of aliphatic hydroxyl groups excluding tert-OH is 1. The molecule has 1 aromatic carbocycles. The van der Waals surface area contributed by atoms with Crippen LogP contribution in [0.2, 0.25) is 0 Å². The second kappa shape index (κ2) is 9.62. The Kier molecular flexibility index (Phi) is 6.76. The summed E-state index contributed by atoms with van der Waals surface area (Å²) in [6.45, 7) is 1.77. The molecule has 14 heteroatoms. The largest absolute Gasteiger partial charge is 0.573 e. The molecule has 10 nitrogen and oxygen atoms in total. The highest BCUT2D eigenvalue weighted by atomic mass is 32.1. The van der Waals surface area contributed by atoms with Gasteiger partial charge in [0.1, 0.15) is 28.0 Å². The average molecular weight is 513 g/mol. The van der Waals surface area contributed by atoms with Crippen molar-refractivity contribution in [2.45, 2.75) is 39.1 Å². The van der Waals surface area contributed by atoms with Crippen LogP contribution in [-0.4, -0.2) is 38.5 Å². The maximum Gasteiger partial charge on any atom is 0.573 e. The molecule has 0 radical (unpaired) electrons. The van der Waals surface area contributed by atoms with Crippen molar-refractivity contribution in [2.24, 2.45) is 7.05 Å². The standard InChI is InChI=1S/C21H22F3N5O5S/c1-12-11-35-15(25-12)10-29-16-17(27(2)20(32)28(18(16)31)7-4-8-30)26-19(29)33-13-5-3-6-14(9-13)34-21(22,23)24/h3,5-6,9,11,19,26,30H,4,7-8,10H2,1-2H3. The lowest BCUT2D eigenvalue weighted by molar-refractivity contribution is -0.274. The topological polar surface area (TPSA) is 111 Å². The third kappa shape index (κ3) is 5.27. The number of benzene rings is 1. The molecule has 188 valence electrons. The second-order valence-corrected chi connectivity index (χ2v) is 8.66. The van der Waals surface area contributed by atoms with E-state index in [0.717, 1.165) is 22.4 Å². The lowest BCUT2D eigenvalue weighted by Crippen LogP contribution is -2.43. The smallest absolute Gasteiger partial charge is 0.452 e. The van der Waals surface area contributed by atoms with Gasteiger partial charge in [-0.15, -0.1) is 24.5 Å². The number of hydrogen-bond donors (Lipinski definition) is 2. The maximum absolute atomic E-state index is 13.3. The summed E-state index contributed by atoms with van der Waals surface area (Å²) in [5.41, 5.74) is -0.239. The minimum atomic E-state index is -4.87. The summed E-state index contributed by atoms with van der Waals surface area (Å²) in [7, 11) is 1.48. The minimum Gasteiger partial charge on any atom is -0.452 e. The number of ether oxygens (including phenoxy) is 2. The first kappa shape index (κ1) is 24.6. The first-order valence-corrected chi connectivity index (χ1v) is 11.4. The molecule has 0 bridgehead atoms. The molecule has 1 unspecified atom stereocenters. The van der Waals surface area contributed by atoms with Gasteiger partial charge in [0.05, 0.1) is 6.54 Å². The fourth-order valence-electron chi connectivity index (χ4n) is 3.66. The van der Waals surface area contributed by atoms with Gasteiger partial charge in [-0.25, -0.2) is 9.78 Å². The Bertz CT molecular complexity index is 1340. The molecule has 0 spiro atoms. The number of aromatic nitrogens is 3. The van der Waals surface area contributed by atoms with E-state index < -0.39 is 29.7 Å². The Labute approximate surface area is 200 Å². The summed E-state index contributed by atoms with van der Waals surface area (Å²) < 4.78 is 50.1. The van der Waals surface area contributed by atoms with Crippen molar-refractivity contribution in [2.75, 3.05) is 16.8 Å². The van der Waals surface area contributed by atoms with Crippen LogP contribution < -0.4 is 30.9 Å². The molecule has 1 aliphatic heterocycles. The molecule has 3 aromatic rings. The van der Waals surface area contributed by atoms with E-state index in [1.54, 1.807) is 4.90 Å². The molecule has 2 aromatic heterocycles. The fourth-order valence-corrected chi connectivity index (χ4v) is 4.43. The second-order valence-electron chi connectivity index (χ2n) is 7.72. The van der Waals surface area contributed by atoms with Crippen LogP contribution in [0.15, 0.2) is 39.2 Å². The lowest BCUT2D eigenvalue weighted by Gasteiger charge is -2.26. The van der Waals surface area contributed by atoms with Crippen LogP contribution in [-0.2, 0) is 20.1 Å². The van der Waals surface area contributed by atoms with Crippen molar-refractivity contribution in [3.05, 3.63) is 61.2 Å². The highest BCUT2D eigenvalue weighted by Crippen LogP contribution is 2.34. The van der Waals surface area contributed by atoms with Crippen LogP contribution in [0.3, 0.4) is 0 Å². The molecule has 0 saturated carbocycles. The van der Waals surface area contributed by atoms with Crippen molar-refractivity contribution in [1.82, 2.24) is 14.1 Å². The number of thiazole rings is 1. The summed E-state index contributed by atoms with van der Waals surface area (Å²) in [6, 6.07) is 4.99. The molecule has 1 atom stereocenters. The van der Waals surface area contributed by atoms with Gasteiger partial charge in [-0.3, -0.25) is 13.9 Å². The molecule has 0 fully saturated rings. The predicted molar refractivity (Wildman–Crippen MR) is 122 cm³/mol. The van der Waals surface area contributed by atoms with Crippen LogP contribution in [0, 0.1) is 6.92 Å². The van der Waals surface area contributed by atoms with Crippen molar-refractivity contribution < 1.29 is 27.8 Å². The Morgan fingerprint density at radius 3 is 2.66 bits per heavy atom. The summed E-state index contributed by atoms with van der Waals surface area (Å²) >= 11 is 1.37. The van der Waals surface area contributed by atoms with Crippen LogP contribution in [0.1, 0.15) is 17.1 Å². The quantitative estimate of drug-likeness (QED) is 0.473. The van der Waals surface area contributed by atoms with Gasteiger partial charge >= 0.3 is 12.1 Å². The number of halogens is 3. The number of nitrogens with zero attached hydrogens (tertiary/aromatic N) is 4. The van der Waals surface area contributed by atoms with Gasteiger partial charge < -0.3 is 24.8 Å². The summed E-state index contributed by atoms with van der Waals surface area (Å²) in [5, 5.41) is 14.6. The molecule has 3 heterocycles. The van der Waals surface area contributed by atoms with Gasteiger partial charge in [0, 0.05) is 37.3 Å². The average Bonchev–Trinajstić information content (AvgIpc) is 3.35. The van der Waals surface area contributed by atoms with Crippen LogP contribution in [0.25, 0.3) is 0 Å². The van der Waals surface area contributed by atoms with E-state index in [2.05, 4.69) is 15.0 Å². The molecule has 35 heavy (non-hydrogen) atoms. The van der Waals surface area contributed by atoms with Crippen molar-refractivity contribution in [3.8, 4) is 11.5 Å². The zero-order valence-corrected chi connectivity index (χ0v) is 19.5. The molecule has 1 aliphatic rings. The highest BCUT2D eigenvalue weighted by Gasteiger charge is 2.37. The van der Waals surface area contributed by atoms with E-state index in [0.29, 0.717) is 5.01 Å². The van der Waals surface area contributed by atoms with E-state index in [-0.39, 0.29) is 43.4 Å². The first-order chi connectivity index (χ1) is 16.6. The Morgan fingerprint density at radius 1 is 1.26 bits per heavy atom. The van der Waals surface area contributed by atoms with Crippen molar-refractivity contribution in [1.29, 1.82) is 0 Å². The number of alkyl halides is 3. The Balaban J connectivity index is 1.73. The van der Waals surface area contributed by atoms with Crippen molar-refractivity contribution in [3.63, 3.8) is 0 Å². The van der Waals surface area contributed by atoms with Gasteiger partial charge in [0.2, 0.25) is 0 Å². The fraction of sp³-hybridized carbons (Fsp3) is 0.381. The van der Waals surface area contributed by atoms with Gasteiger partial charge in [-0.05, 0) is 25.5 Å². The van der Waals surface area contributed by atoms with E-state index in [9.17, 15) is 22.8 Å². The Hall–Kier alpha value is -3.52. The number of hydrogen-bond acceptors (Lipinski definition) is 9. The number of aryl methyl sites for hydroxylation is 1. The van der Waals surface area contributed by atoms with E-state index in [4.69, 9.17) is 9.84 Å². The summed E-state index contributed by atoms with van der Waals surface area (Å²) in [4.78, 5) is 32.1. The highest BCUT2D eigenvalue weighted by molar-refractivity contribution is 7.09. The predicted octanol–water partition coefficient (Wildman–Crippen LogP) is 2.39. The normalized spacial score (nSPS) is 15.1. The number of aliphatic hydroxyl groups is 1. The third-order valence-corrected chi connectivity index (χ3v) is 6.11. The monoisotopic (exact) mass is 513 g/mol. The van der Waals surface area contributed by atoms with Crippen LogP contribution >= 0.6 is 11.3 Å². The SMILES string of the molecule is Cc1csc(CN2c3c(n(C)c(=O)n(CCCO)c3=O)NC2Oc2cccc(OC(F)(F)F)c2)n1. The van der Waals surface area contributed by atoms with E-state index >= 15 is 0 Å². The molecule has 0 amide bonds. The zero-order chi connectivity index (χ0) is 25.3. The van der Waals surface area contributed by atoms with Crippen LogP contribution in [0.5, 0.6) is 11.5 Å². The first-order valence-electron chi connectivity index (χ1n) is 10.5. The van der Waals surface area contributed by atoms with Gasteiger partial charge in [-0.2, -0.15) is 0 Å². The minimum absolute atomic E-state index is 0.0157. The molecular weight excluding hydrogens is 491 g/mol. The summed E-state index contributed by atoms with van der Waals surface area (Å²) in [5.74, 6) is -0.226. The van der Waals surface area contributed by atoms with Crippen molar-refractivity contribution >= 4 is 22.8 Å². The number of rotatable bonds is 8. The number of fused-ring (bicyclic) bond motifs is 1. The zero-order valence-electron chi connectivity index (χ0n) is 18.7. The molecule has 0 saturated heterocycles. The Morgan fingerprint density at radius 2 is 2.00 bits per heavy atom. The van der Waals surface area contributed by atoms with E-state index in [1.165, 1.54) is 35.1 Å². The molecule has 0 aliphatic carbocycles. The van der Waals surface area contributed by atoms with Gasteiger partial charge in [0.25, 0.3) is 11.9 Å². The molecule has 2 N–H and O–H groups in total. The lowest BCUT2D eigenvalue weighted by atomic mass is 10.3. The van der Waals surface area contributed by atoms with Crippen LogP contribution in [0.4, 0.5) is 24.7 Å². The number of nitrogens with one attached hydrogen (secondary N) is 1. The summed E-state index contributed by atoms with van der Waals surface area (Å²) in [6.07, 6.45) is -5.70. The van der Waals surface area contributed by atoms with E-state index in [1.807, 2.05) is 12.3 Å². The third-order valence-electron chi connectivity index (χ3n) is 5.15. The number of anilines is 2. The molecule has 4 rings (SSSR count). The van der Waals surface area contributed by atoms with Gasteiger partial charge in [-0.1, -0.05) is 6.07 Å². The van der Waals surface area contributed by atoms with Gasteiger partial charge in [0.15, 0.2) is 0 Å².